The standard InChI is InChI=1S/C41H26ClN.C31H20BrN.C10H8BClO2/c42-31-22-20-28-24-27(18-19-29(28)25-31)30-21-23-36-34(26-30)33-12-4-5-13-35(33)41(36)37-14-6-8-16-39(37)43(32-10-2-1-3-11-32)40-17-9-7-15-38(40)41;32-21-18-19-26-24(20-21)23-12-4-5-13-25(23)31(26)27-14-6-8-16-29(27)33(22-10-2-1-3-11-22)30-17-9-7-15-28(30)31;12-10-4-2-7-5-9(11(13)14)3-1-8(7)6-10/h1-26H;1-20H;1-6,13-14H. The Morgan fingerprint density at radius 2 is 0.633 bits per heavy atom. The highest BCUT2D eigenvalue weighted by atomic mass is 79.9. The highest BCUT2D eigenvalue weighted by Crippen LogP contribution is 2.65. The van der Waals surface area contributed by atoms with E-state index in [9.17, 15) is 0 Å². The highest BCUT2D eigenvalue weighted by molar-refractivity contribution is 9.10. The van der Waals surface area contributed by atoms with Crippen molar-refractivity contribution in [2.45, 2.75) is 10.8 Å². The third kappa shape index (κ3) is 8.81. The van der Waals surface area contributed by atoms with E-state index in [2.05, 4.69) is 293 Å². The molecule has 4 aliphatic rings. The van der Waals surface area contributed by atoms with Crippen molar-refractivity contribution in [2.75, 3.05) is 9.80 Å². The zero-order valence-electron chi connectivity index (χ0n) is 48.5. The topological polar surface area (TPSA) is 46.9 Å². The molecule has 0 fully saturated rings. The SMILES string of the molecule is Brc1ccc2c(c1)-c1ccccc1C21c2ccccc2N(c2ccccc2)c2ccccc21.Clc1ccc2cc(-c3ccc4c(c3)-c3ccccc3C43c4ccccc4N(c4ccccc4)c4ccccc43)ccc2c1.OB(O)c1ccc2cc(Cl)ccc2c1. The van der Waals surface area contributed by atoms with Gasteiger partial charge in [-0.1, -0.05) is 258 Å². The molecule has 428 valence electrons. The summed E-state index contributed by atoms with van der Waals surface area (Å²) in [6, 6.07) is 112. The van der Waals surface area contributed by atoms with Gasteiger partial charge in [0.25, 0.3) is 0 Å². The van der Waals surface area contributed by atoms with Crippen molar-refractivity contribution in [3.05, 3.63) is 374 Å². The largest absolute Gasteiger partial charge is 0.488 e. The van der Waals surface area contributed by atoms with E-state index in [0.29, 0.717) is 10.5 Å². The Labute approximate surface area is 542 Å². The third-order valence-electron chi connectivity index (χ3n) is 18.5. The summed E-state index contributed by atoms with van der Waals surface area (Å²) >= 11 is 15.8. The lowest BCUT2D eigenvalue weighted by molar-refractivity contribution is 0.426. The third-order valence-corrected chi connectivity index (χ3v) is 19.5. The quantitative estimate of drug-likeness (QED) is 0.172. The van der Waals surface area contributed by atoms with Gasteiger partial charge in [0.15, 0.2) is 0 Å². The lowest BCUT2D eigenvalue weighted by atomic mass is 9.64. The van der Waals surface area contributed by atoms with E-state index in [0.717, 1.165) is 31.3 Å². The number of nitrogens with zero attached hydrogens (tertiary/aromatic N) is 2. The zero-order valence-corrected chi connectivity index (χ0v) is 51.6. The van der Waals surface area contributed by atoms with Crippen LogP contribution in [0.2, 0.25) is 10.0 Å². The normalized spacial score (nSPS) is 13.5. The maximum absolute atomic E-state index is 8.97. The Kier molecular flexibility index (Phi) is 13.8. The van der Waals surface area contributed by atoms with Crippen LogP contribution < -0.4 is 15.3 Å². The van der Waals surface area contributed by atoms with Crippen LogP contribution in [0, 0.1) is 0 Å². The van der Waals surface area contributed by atoms with Crippen LogP contribution in [0.4, 0.5) is 34.1 Å². The fourth-order valence-electron chi connectivity index (χ4n) is 14.9. The van der Waals surface area contributed by atoms with Crippen molar-refractivity contribution in [3.8, 4) is 33.4 Å². The Morgan fingerprint density at radius 1 is 0.289 bits per heavy atom. The molecule has 14 aromatic carbocycles. The van der Waals surface area contributed by atoms with E-state index < -0.39 is 12.5 Å². The maximum Gasteiger partial charge on any atom is 0.488 e. The molecule has 2 heterocycles. The van der Waals surface area contributed by atoms with Crippen LogP contribution in [0.3, 0.4) is 0 Å². The summed E-state index contributed by atoms with van der Waals surface area (Å²) in [4.78, 5) is 4.83. The van der Waals surface area contributed by atoms with Crippen LogP contribution in [-0.2, 0) is 10.8 Å². The molecule has 0 radical (unpaired) electrons. The van der Waals surface area contributed by atoms with Gasteiger partial charge in [-0.25, -0.2) is 0 Å². The van der Waals surface area contributed by atoms with E-state index in [1.165, 1.54) is 112 Å². The first-order valence-electron chi connectivity index (χ1n) is 30.2. The molecule has 0 aromatic heterocycles. The summed E-state index contributed by atoms with van der Waals surface area (Å²) < 4.78 is 1.11. The molecule has 90 heavy (non-hydrogen) atoms. The minimum absolute atomic E-state index is 0.356. The number of benzene rings is 14. The summed E-state index contributed by atoms with van der Waals surface area (Å²) in [5.74, 6) is 0. The maximum atomic E-state index is 8.97. The number of rotatable bonds is 4. The second-order valence-electron chi connectivity index (χ2n) is 23.3. The fraction of sp³-hybridized carbons (Fsp3) is 0.0244. The molecular weight excluding hydrogens is 1210 g/mol. The van der Waals surface area contributed by atoms with Gasteiger partial charge in [-0.3, -0.25) is 0 Å². The summed E-state index contributed by atoms with van der Waals surface area (Å²) in [6.45, 7) is 0. The Bertz CT molecular complexity index is 5060. The van der Waals surface area contributed by atoms with E-state index in [1.54, 1.807) is 18.2 Å². The summed E-state index contributed by atoms with van der Waals surface area (Å²) in [5, 5.41) is 23.6. The van der Waals surface area contributed by atoms with Crippen molar-refractivity contribution in [1.29, 1.82) is 0 Å². The first kappa shape index (κ1) is 55.5. The van der Waals surface area contributed by atoms with E-state index in [1.807, 2.05) is 30.3 Å². The molecule has 18 rings (SSSR count). The second-order valence-corrected chi connectivity index (χ2v) is 25.1. The predicted octanol–water partition coefficient (Wildman–Crippen LogP) is 21.1. The van der Waals surface area contributed by atoms with Crippen LogP contribution >= 0.6 is 39.1 Å². The highest BCUT2D eigenvalue weighted by Gasteiger charge is 2.53. The van der Waals surface area contributed by atoms with Crippen molar-refractivity contribution in [3.63, 3.8) is 0 Å². The van der Waals surface area contributed by atoms with Crippen LogP contribution in [0.1, 0.15) is 44.5 Å². The monoisotopic (exact) mass is 1260 g/mol. The van der Waals surface area contributed by atoms with Gasteiger partial charge in [0.2, 0.25) is 0 Å². The molecule has 2 aliphatic heterocycles. The van der Waals surface area contributed by atoms with Crippen molar-refractivity contribution >= 4 is 107 Å². The van der Waals surface area contributed by atoms with Gasteiger partial charge >= 0.3 is 7.12 Å². The Hall–Kier alpha value is -9.76. The summed E-state index contributed by atoms with van der Waals surface area (Å²) in [5.41, 5.74) is 25.2. The minimum atomic E-state index is -1.42. The van der Waals surface area contributed by atoms with Crippen LogP contribution in [0.5, 0.6) is 0 Å². The average molecular weight is 1260 g/mol. The minimum Gasteiger partial charge on any atom is -0.423 e. The molecule has 4 nitrogen and oxygen atoms in total. The van der Waals surface area contributed by atoms with Gasteiger partial charge in [-0.2, -0.15) is 0 Å². The van der Waals surface area contributed by atoms with E-state index >= 15 is 0 Å². The van der Waals surface area contributed by atoms with E-state index in [-0.39, 0.29) is 5.41 Å². The van der Waals surface area contributed by atoms with E-state index in [4.69, 9.17) is 33.2 Å². The van der Waals surface area contributed by atoms with Crippen LogP contribution in [-0.4, -0.2) is 17.2 Å². The summed E-state index contributed by atoms with van der Waals surface area (Å²) in [6.07, 6.45) is 0. The van der Waals surface area contributed by atoms with Gasteiger partial charge in [0.1, 0.15) is 0 Å². The Morgan fingerprint density at radius 3 is 1.11 bits per heavy atom. The van der Waals surface area contributed by atoms with Crippen LogP contribution in [0.25, 0.3) is 54.9 Å². The molecule has 0 unspecified atom stereocenters. The molecule has 0 bridgehead atoms. The molecular formula is C82H54BBrCl2N2O2. The van der Waals surface area contributed by atoms with Crippen molar-refractivity contribution < 1.29 is 10.0 Å². The zero-order chi connectivity index (χ0) is 60.7. The first-order chi connectivity index (χ1) is 44.2. The number of halogens is 3. The Balaban J connectivity index is 0.000000121. The van der Waals surface area contributed by atoms with Gasteiger partial charge in [-0.05, 0) is 202 Å². The molecule has 0 saturated carbocycles. The molecule has 0 amide bonds. The van der Waals surface area contributed by atoms with Gasteiger partial charge in [0, 0.05) is 25.9 Å². The first-order valence-corrected chi connectivity index (χ1v) is 31.7. The fourth-order valence-corrected chi connectivity index (χ4v) is 15.6. The lowest BCUT2D eigenvalue weighted by Crippen LogP contribution is -2.36. The van der Waals surface area contributed by atoms with Gasteiger partial charge < -0.3 is 19.8 Å². The lowest BCUT2D eigenvalue weighted by Gasteiger charge is -2.45. The number of fused-ring (bicyclic) bond motifs is 20. The smallest absolute Gasteiger partial charge is 0.423 e. The average Bonchev–Trinajstić information content (AvgIpc) is 1.45. The molecule has 8 heteroatoms. The predicted molar refractivity (Wildman–Crippen MR) is 378 cm³/mol. The molecule has 0 atom stereocenters. The molecule has 2 spiro atoms. The summed E-state index contributed by atoms with van der Waals surface area (Å²) in [7, 11) is -1.42. The van der Waals surface area contributed by atoms with Gasteiger partial charge in [0.05, 0.1) is 33.6 Å². The number of para-hydroxylation sites is 6. The molecule has 14 aromatic rings. The van der Waals surface area contributed by atoms with Gasteiger partial charge in [-0.15, -0.1) is 0 Å². The molecule has 2 N–H and O–H groups in total. The van der Waals surface area contributed by atoms with Crippen molar-refractivity contribution in [1.82, 2.24) is 0 Å². The molecule has 0 saturated heterocycles. The van der Waals surface area contributed by atoms with Crippen LogP contribution in [0.15, 0.2) is 320 Å². The van der Waals surface area contributed by atoms with Crippen molar-refractivity contribution in [2.24, 2.45) is 0 Å². The molecule has 2 aliphatic carbocycles. The number of anilines is 6. The second kappa shape index (κ2) is 22.4. The number of hydrogen-bond donors (Lipinski definition) is 2. The number of hydrogen-bond acceptors (Lipinski definition) is 4.